The van der Waals surface area contributed by atoms with Gasteiger partial charge < -0.3 is 10.2 Å². The van der Waals surface area contributed by atoms with Crippen LogP contribution in [0.15, 0.2) is 48.5 Å². The second kappa shape index (κ2) is 5.66. The Morgan fingerprint density at radius 2 is 1.68 bits per heavy atom. The predicted molar refractivity (Wildman–Crippen MR) is 88.6 cm³/mol. The molecular weight excluding hydrogens is 296 g/mol. The molecule has 0 radical (unpaired) electrons. The van der Waals surface area contributed by atoms with Crippen LogP contribution in [0.2, 0.25) is 0 Å². The molecule has 0 saturated heterocycles. The van der Waals surface area contributed by atoms with Crippen LogP contribution in [0, 0.1) is 6.92 Å². The van der Waals surface area contributed by atoms with E-state index in [-0.39, 0.29) is 11.5 Å². The lowest BCUT2D eigenvalue weighted by Crippen LogP contribution is -1.84. The van der Waals surface area contributed by atoms with Crippen molar-refractivity contribution in [3.05, 3.63) is 59.0 Å². The van der Waals surface area contributed by atoms with Crippen molar-refractivity contribution in [2.75, 3.05) is 0 Å². The maximum Gasteiger partial charge on any atom is 0.160 e. The zero-order valence-electron chi connectivity index (χ0n) is 11.9. The molecule has 0 aliphatic rings. The molecule has 0 saturated carbocycles. The Labute approximate surface area is 132 Å². The average Bonchev–Trinajstić information content (AvgIpc) is 2.85. The van der Waals surface area contributed by atoms with Gasteiger partial charge in [-0.1, -0.05) is 12.1 Å². The fourth-order valence-electron chi connectivity index (χ4n) is 2.53. The molecule has 0 bridgehead atoms. The Bertz CT molecular complexity index is 832. The van der Waals surface area contributed by atoms with Crippen molar-refractivity contribution in [1.29, 1.82) is 0 Å². The van der Waals surface area contributed by atoms with Crippen LogP contribution in [-0.4, -0.2) is 16.5 Å². The summed E-state index contributed by atoms with van der Waals surface area (Å²) in [6.45, 7) is 1.96. The van der Waals surface area contributed by atoms with Crippen LogP contribution in [0.3, 0.4) is 0 Å². The Morgan fingerprint density at radius 1 is 0.955 bits per heavy atom. The van der Waals surface area contributed by atoms with E-state index >= 15 is 0 Å². The number of phenols is 2. The van der Waals surface area contributed by atoms with Crippen molar-refractivity contribution < 1.29 is 15.0 Å². The van der Waals surface area contributed by atoms with Gasteiger partial charge in [0.1, 0.15) is 11.5 Å². The molecule has 0 aliphatic carbocycles. The summed E-state index contributed by atoms with van der Waals surface area (Å²) in [6.07, 6.45) is 0.848. The molecule has 3 rings (SSSR count). The molecule has 110 valence electrons. The van der Waals surface area contributed by atoms with Gasteiger partial charge in [0, 0.05) is 10.4 Å². The molecule has 3 nitrogen and oxygen atoms in total. The van der Waals surface area contributed by atoms with Gasteiger partial charge in [0.25, 0.3) is 0 Å². The molecule has 1 aromatic heterocycles. The molecule has 0 spiro atoms. The zero-order chi connectivity index (χ0) is 15.7. The molecular formula is C18H14O3S. The highest BCUT2D eigenvalue weighted by molar-refractivity contribution is 7.17. The van der Waals surface area contributed by atoms with E-state index in [9.17, 15) is 15.0 Å². The van der Waals surface area contributed by atoms with Crippen LogP contribution in [-0.2, 0) is 0 Å². The summed E-state index contributed by atoms with van der Waals surface area (Å²) in [4.78, 5) is 13.1. The van der Waals surface area contributed by atoms with E-state index in [4.69, 9.17) is 0 Å². The maximum atomic E-state index is 11.4. The molecule has 0 amide bonds. The second-order valence-corrected chi connectivity index (χ2v) is 6.06. The second-order valence-electron chi connectivity index (χ2n) is 5.01. The van der Waals surface area contributed by atoms with Crippen molar-refractivity contribution in [2.24, 2.45) is 0 Å². The topological polar surface area (TPSA) is 57.5 Å². The number of aromatic hydroxyl groups is 2. The first-order valence-corrected chi connectivity index (χ1v) is 7.59. The lowest BCUT2D eigenvalue weighted by molar-refractivity contribution is 0.112. The molecule has 0 aliphatic heterocycles. The third-order valence-electron chi connectivity index (χ3n) is 3.55. The minimum absolute atomic E-state index is 0.172. The third kappa shape index (κ3) is 2.49. The molecule has 22 heavy (non-hydrogen) atoms. The Balaban J connectivity index is 2.20. The van der Waals surface area contributed by atoms with E-state index in [2.05, 4.69) is 0 Å². The van der Waals surface area contributed by atoms with Crippen LogP contribution in [0.1, 0.15) is 15.2 Å². The van der Waals surface area contributed by atoms with Crippen LogP contribution in [0.5, 0.6) is 11.5 Å². The number of carbonyl (C=O) groups excluding carboxylic acids is 1. The lowest BCUT2D eigenvalue weighted by atomic mass is 9.99. The average molecular weight is 310 g/mol. The molecule has 2 aromatic carbocycles. The van der Waals surface area contributed by atoms with Gasteiger partial charge in [-0.15, -0.1) is 11.3 Å². The number of thiophene rings is 1. The number of hydrogen-bond acceptors (Lipinski definition) is 4. The van der Waals surface area contributed by atoms with Crippen molar-refractivity contribution in [3.8, 4) is 33.1 Å². The standard InChI is InChI=1S/C18H14O3S/c1-11-17(13-3-2-4-15(21)9-13)16(10-19)22-18(11)12-5-7-14(20)8-6-12/h2-10,20-21H,1H3. The highest BCUT2D eigenvalue weighted by Gasteiger charge is 2.17. The van der Waals surface area contributed by atoms with Gasteiger partial charge >= 0.3 is 0 Å². The monoisotopic (exact) mass is 310 g/mol. The van der Waals surface area contributed by atoms with Gasteiger partial charge in [-0.3, -0.25) is 4.79 Å². The quantitative estimate of drug-likeness (QED) is 0.694. The summed E-state index contributed by atoms with van der Waals surface area (Å²) in [5.74, 6) is 0.382. The molecule has 3 aromatic rings. The number of rotatable bonds is 3. The summed E-state index contributed by atoms with van der Waals surface area (Å²) in [7, 11) is 0. The van der Waals surface area contributed by atoms with Crippen molar-refractivity contribution in [3.63, 3.8) is 0 Å². The Kier molecular flexibility index (Phi) is 3.69. The number of carbonyl (C=O) groups is 1. The first kappa shape index (κ1) is 14.4. The van der Waals surface area contributed by atoms with Crippen molar-refractivity contribution in [1.82, 2.24) is 0 Å². The van der Waals surface area contributed by atoms with E-state index in [1.54, 1.807) is 30.3 Å². The zero-order valence-corrected chi connectivity index (χ0v) is 12.7. The molecule has 2 N–H and O–H groups in total. The normalized spacial score (nSPS) is 10.6. The fourth-order valence-corrected chi connectivity index (χ4v) is 3.68. The SMILES string of the molecule is Cc1c(-c2ccc(O)cc2)sc(C=O)c1-c1cccc(O)c1. The first-order valence-electron chi connectivity index (χ1n) is 6.77. The highest BCUT2D eigenvalue weighted by atomic mass is 32.1. The molecule has 4 heteroatoms. The lowest BCUT2D eigenvalue weighted by Gasteiger charge is -2.05. The van der Waals surface area contributed by atoms with E-state index < -0.39 is 0 Å². The minimum Gasteiger partial charge on any atom is -0.508 e. The largest absolute Gasteiger partial charge is 0.508 e. The molecule has 0 atom stereocenters. The highest BCUT2D eigenvalue weighted by Crippen LogP contribution is 2.41. The summed E-state index contributed by atoms with van der Waals surface area (Å²) in [5, 5.41) is 19.1. The first-order chi connectivity index (χ1) is 10.6. The smallest absolute Gasteiger partial charge is 0.160 e. The summed E-state index contributed by atoms with van der Waals surface area (Å²) < 4.78 is 0. The summed E-state index contributed by atoms with van der Waals surface area (Å²) in [6, 6.07) is 13.8. The summed E-state index contributed by atoms with van der Waals surface area (Å²) >= 11 is 1.41. The van der Waals surface area contributed by atoms with Gasteiger partial charge in [-0.05, 0) is 60.0 Å². The van der Waals surface area contributed by atoms with Crippen LogP contribution >= 0.6 is 11.3 Å². The Morgan fingerprint density at radius 3 is 2.32 bits per heavy atom. The van der Waals surface area contributed by atoms with E-state index in [1.807, 2.05) is 25.1 Å². The van der Waals surface area contributed by atoms with Gasteiger partial charge in [0.15, 0.2) is 6.29 Å². The van der Waals surface area contributed by atoms with Crippen molar-refractivity contribution >= 4 is 17.6 Å². The molecule has 0 fully saturated rings. The van der Waals surface area contributed by atoms with Gasteiger partial charge in [0.2, 0.25) is 0 Å². The van der Waals surface area contributed by atoms with E-state index in [1.165, 1.54) is 11.3 Å². The molecule has 1 heterocycles. The van der Waals surface area contributed by atoms with Crippen LogP contribution in [0.25, 0.3) is 21.6 Å². The maximum absolute atomic E-state index is 11.4. The van der Waals surface area contributed by atoms with E-state index in [0.717, 1.165) is 33.4 Å². The van der Waals surface area contributed by atoms with Crippen molar-refractivity contribution in [2.45, 2.75) is 6.92 Å². The molecule has 0 unspecified atom stereocenters. The fraction of sp³-hybridized carbons (Fsp3) is 0.0556. The number of phenolic OH excluding ortho intramolecular Hbond substituents is 2. The van der Waals surface area contributed by atoms with Gasteiger partial charge in [-0.2, -0.15) is 0 Å². The number of aldehydes is 1. The number of benzene rings is 2. The van der Waals surface area contributed by atoms with Crippen LogP contribution < -0.4 is 0 Å². The van der Waals surface area contributed by atoms with E-state index in [0.29, 0.717) is 4.88 Å². The minimum atomic E-state index is 0.172. The predicted octanol–water partition coefficient (Wildman–Crippen LogP) is 4.61. The van der Waals surface area contributed by atoms with Gasteiger partial charge in [-0.25, -0.2) is 0 Å². The number of hydrogen-bond donors (Lipinski definition) is 2. The third-order valence-corrected chi connectivity index (χ3v) is 4.81. The van der Waals surface area contributed by atoms with Gasteiger partial charge in [0.05, 0.1) is 4.88 Å². The Hall–Kier alpha value is -2.59. The summed E-state index contributed by atoms with van der Waals surface area (Å²) in [5.41, 5.74) is 3.61. The van der Waals surface area contributed by atoms with Crippen LogP contribution in [0.4, 0.5) is 0 Å².